The molecule has 2 aromatic rings. The van der Waals surface area contributed by atoms with Crippen LogP contribution < -0.4 is 5.32 Å². The van der Waals surface area contributed by atoms with Crippen LogP contribution in [-0.4, -0.2) is 41.7 Å². The Bertz CT molecular complexity index is 862. The minimum absolute atomic E-state index is 0.0920. The summed E-state index contributed by atoms with van der Waals surface area (Å²) in [6, 6.07) is 15.9. The molecule has 2 aromatic carbocycles. The first-order valence-electron chi connectivity index (χ1n) is 8.89. The Labute approximate surface area is 158 Å². The van der Waals surface area contributed by atoms with Crippen LogP contribution in [0.1, 0.15) is 34.8 Å². The fourth-order valence-electron chi connectivity index (χ4n) is 3.33. The summed E-state index contributed by atoms with van der Waals surface area (Å²) in [7, 11) is 3.38. The van der Waals surface area contributed by atoms with Crippen molar-refractivity contribution in [3.05, 3.63) is 71.3 Å². The van der Waals surface area contributed by atoms with E-state index in [-0.39, 0.29) is 18.4 Å². The van der Waals surface area contributed by atoms with Crippen molar-refractivity contribution in [1.82, 2.24) is 15.1 Å². The van der Waals surface area contributed by atoms with Crippen LogP contribution in [0.15, 0.2) is 54.6 Å². The smallest absolute Gasteiger partial charge is 0.325 e. The summed E-state index contributed by atoms with van der Waals surface area (Å²) in [6.45, 7) is 2.05. The number of urea groups is 1. The molecule has 1 unspecified atom stereocenters. The highest BCUT2D eigenvalue weighted by atomic mass is 16.2. The minimum Gasteiger partial charge on any atom is -0.345 e. The second-order valence-electron chi connectivity index (χ2n) is 6.84. The zero-order chi connectivity index (χ0) is 19.6. The number of rotatable bonds is 5. The van der Waals surface area contributed by atoms with Gasteiger partial charge in [-0.25, -0.2) is 4.79 Å². The molecule has 1 atom stereocenters. The molecular formula is C21H23N3O3. The number of carbonyl (C=O) groups is 3. The van der Waals surface area contributed by atoms with Gasteiger partial charge in [0.1, 0.15) is 5.54 Å². The molecule has 1 heterocycles. The normalized spacial score (nSPS) is 19.1. The van der Waals surface area contributed by atoms with Crippen molar-refractivity contribution < 1.29 is 14.4 Å². The summed E-state index contributed by atoms with van der Waals surface area (Å²) in [5.74, 6) is -0.347. The molecule has 1 saturated heterocycles. The maximum atomic E-state index is 13.1. The van der Waals surface area contributed by atoms with Crippen LogP contribution in [-0.2, 0) is 16.9 Å². The molecule has 0 spiro atoms. The number of carbonyl (C=O) groups excluding carboxylic acids is 3. The topological polar surface area (TPSA) is 69.7 Å². The van der Waals surface area contributed by atoms with Crippen molar-refractivity contribution in [3.8, 4) is 0 Å². The van der Waals surface area contributed by atoms with E-state index in [1.807, 2.05) is 37.3 Å². The molecule has 0 saturated carbocycles. The second-order valence-corrected chi connectivity index (χ2v) is 6.84. The lowest BCUT2D eigenvalue weighted by atomic mass is 9.87. The molecular weight excluding hydrogens is 342 g/mol. The number of hydrogen-bond acceptors (Lipinski definition) is 3. The molecule has 4 amide bonds. The first-order chi connectivity index (χ1) is 12.9. The Morgan fingerprint density at radius 3 is 2.22 bits per heavy atom. The first kappa shape index (κ1) is 18.6. The van der Waals surface area contributed by atoms with Gasteiger partial charge in [-0.3, -0.25) is 14.5 Å². The van der Waals surface area contributed by atoms with Crippen molar-refractivity contribution in [2.24, 2.45) is 0 Å². The quantitative estimate of drug-likeness (QED) is 0.829. The van der Waals surface area contributed by atoms with E-state index < -0.39 is 11.6 Å². The SMILES string of the molecule is CCC1(c2ccccc2)NC(=O)N(Cc2ccc(C(=O)N(C)C)cc2)C1=O. The van der Waals surface area contributed by atoms with Gasteiger partial charge in [0.05, 0.1) is 6.54 Å². The number of nitrogens with zero attached hydrogens (tertiary/aromatic N) is 2. The average Bonchev–Trinajstić information content (AvgIpc) is 2.93. The van der Waals surface area contributed by atoms with E-state index in [1.165, 1.54) is 9.80 Å². The molecule has 0 aromatic heterocycles. The lowest BCUT2D eigenvalue weighted by Crippen LogP contribution is -2.43. The third kappa shape index (κ3) is 3.30. The molecule has 1 fully saturated rings. The predicted molar refractivity (Wildman–Crippen MR) is 102 cm³/mol. The van der Waals surface area contributed by atoms with Crippen molar-refractivity contribution >= 4 is 17.8 Å². The second kappa shape index (κ2) is 7.23. The fourth-order valence-corrected chi connectivity index (χ4v) is 3.33. The highest BCUT2D eigenvalue weighted by molar-refractivity contribution is 6.07. The van der Waals surface area contributed by atoms with E-state index in [0.29, 0.717) is 12.0 Å². The van der Waals surface area contributed by atoms with Crippen molar-refractivity contribution in [1.29, 1.82) is 0 Å². The van der Waals surface area contributed by atoms with E-state index in [1.54, 1.807) is 38.4 Å². The number of benzene rings is 2. The van der Waals surface area contributed by atoms with E-state index in [4.69, 9.17) is 0 Å². The van der Waals surface area contributed by atoms with Gasteiger partial charge < -0.3 is 10.2 Å². The van der Waals surface area contributed by atoms with Gasteiger partial charge in [0.15, 0.2) is 0 Å². The maximum Gasteiger partial charge on any atom is 0.325 e. The van der Waals surface area contributed by atoms with Gasteiger partial charge in [-0.05, 0) is 29.7 Å². The molecule has 1 aliphatic rings. The summed E-state index contributed by atoms with van der Waals surface area (Å²) in [4.78, 5) is 40.4. The van der Waals surface area contributed by atoms with E-state index in [9.17, 15) is 14.4 Å². The van der Waals surface area contributed by atoms with Crippen LogP contribution in [0.2, 0.25) is 0 Å². The van der Waals surface area contributed by atoms with E-state index >= 15 is 0 Å². The molecule has 0 aliphatic carbocycles. The third-order valence-corrected chi connectivity index (χ3v) is 4.92. The molecule has 0 radical (unpaired) electrons. The molecule has 27 heavy (non-hydrogen) atoms. The predicted octanol–water partition coefficient (Wildman–Crippen LogP) is 2.75. The Morgan fingerprint density at radius 2 is 1.67 bits per heavy atom. The monoisotopic (exact) mass is 365 g/mol. The molecule has 0 bridgehead atoms. The largest absolute Gasteiger partial charge is 0.345 e. The number of hydrogen-bond donors (Lipinski definition) is 1. The summed E-state index contributed by atoms with van der Waals surface area (Å²) >= 11 is 0. The minimum atomic E-state index is -1.03. The third-order valence-electron chi connectivity index (χ3n) is 4.92. The highest BCUT2D eigenvalue weighted by Gasteiger charge is 2.50. The Morgan fingerprint density at radius 1 is 1.04 bits per heavy atom. The lowest BCUT2D eigenvalue weighted by Gasteiger charge is -2.25. The Balaban J connectivity index is 1.83. The molecule has 6 nitrogen and oxygen atoms in total. The van der Waals surface area contributed by atoms with Crippen LogP contribution in [0.5, 0.6) is 0 Å². The lowest BCUT2D eigenvalue weighted by molar-refractivity contribution is -0.132. The van der Waals surface area contributed by atoms with Crippen molar-refractivity contribution in [2.45, 2.75) is 25.4 Å². The summed E-state index contributed by atoms with van der Waals surface area (Å²) < 4.78 is 0. The number of amides is 4. The average molecular weight is 365 g/mol. The number of nitrogens with one attached hydrogen (secondary N) is 1. The van der Waals surface area contributed by atoms with E-state index in [2.05, 4.69) is 5.32 Å². The van der Waals surface area contributed by atoms with Gasteiger partial charge >= 0.3 is 6.03 Å². The van der Waals surface area contributed by atoms with Gasteiger partial charge in [0.25, 0.3) is 11.8 Å². The summed E-state index contributed by atoms with van der Waals surface area (Å²) in [5.41, 5.74) is 1.10. The van der Waals surface area contributed by atoms with Crippen LogP contribution >= 0.6 is 0 Å². The number of imide groups is 1. The van der Waals surface area contributed by atoms with Crippen molar-refractivity contribution in [3.63, 3.8) is 0 Å². The van der Waals surface area contributed by atoms with Gasteiger partial charge in [0, 0.05) is 19.7 Å². The van der Waals surface area contributed by atoms with Crippen LogP contribution in [0.4, 0.5) is 4.79 Å². The molecule has 140 valence electrons. The summed E-state index contributed by atoms with van der Waals surface area (Å²) in [5, 5.41) is 2.87. The maximum absolute atomic E-state index is 13.1. The van der Waals surface area contributed by atoms with Gasteiger partial charge in [-0.15, -0.1) is 0 Å². The van der Waals surface area contributed by atoms with Gasteiger partial charge in [-0.1, -0.05) is 49.4 Å². The zero-order valence-electron chi connectivity index (χ0n) is 15.7. The highest BCUT2D eigenvalue weighted by Crippen LogP contribution is 2.33. The molecule has 3 rings (SSSR count). The molecule has 1 aliphatic heterocycles. The standard InChI is InChI=1S/C21H23N3O3/c1-4-21(17-8-6-5-7-9-17)19(26)24(20(27)22-21)14-15-10-12-16(13-11-15)18(25)23(2)3/h5-13H,4,14H2,1-3H3,(H,22,27). The van der Waals surface area contributed by atoms with Crippen molar-refractivity contribution in [2.75, 3.05) is 14.1 Å². The molecule has 6 heteroatoms. The van der Waals surface area contributed by atoms with E-state index in [0.717, 1.165) is 11.1 Å². The van der Waals surface area contributed by atoms with Crippen LogP contribution in [0.3, 0.4) is 0 Å². The Kier molecular flexibility index (Phi) is 4.99. The van der Waals surface area contributed by atoms with Crippen LogP contribution in [0.25, 0.3) is 0 Å². The Hall–Kier alpha value is -3.15. The van der Waals surface area contributed by atoms with Gasteiger partial charge in [-0.2, -0.15) is 0 Å². The summed E-state index contributed by atoms with van der Waals surface area (Å²) in [6.07, 6.45) is 0.467. The van der Waals surface area contributed by atoms with Gasteiger partial charge in [0.2, 0.25) is 0 Å². The first-order valence-corrected chi connectivity index (χ1v) is 8.89. The zero-order valence-corrected chi connectivity index (χ0v) is 15.7. The fraction of sp³-hybridized carbons (Fsp3) is 0.286. The molecule has 1 N–H and O–H groups in total. The van der Waals surface area contributed by atoms with Crippen LogP contribution in [0, 0.1) is 0 Å².